The van der Waals surface area contributed by atoms with Gasteiger partial charge in [-0.2, -0.15) is 0 Å². The van der Waals surface area contributed by atoms with Crippen LogP contribution in [0, 0.1) is 13.8 Å². The van der Waals surface area contributed by atoms with Gasteiger partial charge < -0.3 is 18.9 Å². The summed E-state index contributed by atoms with van der Waals surface area (Å²) in [4.78, 5) is 22.8. The highest BCUT2D eigenvalue weighted by Gasteiger charge is 2.08. The monoisotopic (exact) mass is 456 g/mol. The van der Waals surface area contributed by atoms with E-state index in [9.17, 15) is 9.59 Å². The molecule has 4 aromatic carbocycles. The van der Waals surface area contributed by atoms with Crippen molar-refractivity contribution in [3.63, 3.8) is 0 Å². The van der Waals surface area contributed by atoms with Crippen molar-refractivity contribution in [2.24, 2.45) is 0 Å². The number of benzene rings is 4. The summed E-state index contributed by atoms with van der Waals surface area (Å²) in [6, 6.07) is 32.0. The largest absolute Gasteiger partial charge is 0.519 e. The summed E-state index contributed by atoms with van der Waals surface area (Å²) in [5.41, 5.74) is 2.21. The molecule has 0 aliphatic heterocycles. The van der Waals surface area contributed by atoms with Gasteiger partial charge >= 0.3 is 12.3 Å². The van der Waals surface area contributed by atoms with Crippen LogP contribution >= 0.6 is 0 Å². The lowest BCUT2D eigenvalue weighted by molar-refractivity contribution is 0.150. The van der Waals surface area contributed by atoms with E-state index in [4.69, 9.17) is 18.9 Å². The predicted octanol–water partition coefficient (Wildman–Crippen LogP) is 7.15. The Balaban J connectivity index is 0.000000192. The molecule has 0 bridgehead atoms. The molecule has 34 heavy (non-hydrogen) atoms. The Bertz CT molecular complexity index is 1080. The third-order valence-corrected chi connectivity index (χ3v) is 4.33. The fourth-order valence-corrected chi connectivity index (χ4v) is 2.62. The molecule has 0 heterocycles. The Kier molecular flexibility index (Phi) is 8.82. The average Bonchev–Trinajstić information content (AvgIpc) is 2.84. The molecule has 0 amide bonds. The van der Waals surface area contributed by atoms with E-state index in [0.29, 0.717) is 23.0 Å². The van der Waals surface area contributed by atoms with E-state index in [-0.39, 0.29) is 0 Å². The lowest BCUT2D eigenvalue weighted by atomic mass is 10.2. The smallest absolute Gasteiger partial charge is 0.395 e. The Morgan fingerprint density at radius 3 is 0.971 bits per heavy atom. The highest BCUT2D eigenvalue weighted by atomic mass is 16.7. The molecule has 0 atom stereocenters. The van der Waals surface area contributed by atoms with Crippen LogP contribution in [0.15, 0.2) is 109 Å². The quantitative estimate of drug-likeness (QED) is 0.240. The number of aryl methyl sites for hydroxylation is 2. The second-order valence-electron chi connectivity index (χ2n) is 7.16. The van der Waals surface area contributed by atoms with Gasteiger partial charge in [0.05, 0.1) is 0 Å². The zero-order chi connectivity index (χ0) is 24.2. The minimum Gasteiger partial charge on any atom is -0.395 e. The molecule has 0 aromatic heterocycles. The number of carbonyl (C=O) groups is 2. The van der Waals surface area contributed by atoms with E-state index in [1.54, 1.807) is 72.8 Å². The van der Waals surface area contributed by atoms with Crippen molar-refractivity contribution in [3.8, 4) is 23.0 Å². The summed E-state index contributed by atoms with van der Waals surface area (Å²) >= 11 is 0. The summed E-state index contributed by atoms with van der Waals surface area (Å²) in [7, 11) is 0. The Labute approximate surface area is 198 Å². The van der Waals surface area contributed by atoms with Crippen LogP contribution in [0.4, 0.5) is 9.59 Å². The fourth-order valence-electron chi connectivity index (χ4n) is 2.62. The maximum absolute atomic E-state index is 11.5. The van der Waals surface area contributed by atoms with Gasteiger partial charge in [-0.05, 0) is 62.4 Å². The number of ether oxygens (including phenoxy) is 4. The maximum atomic E-state index is 11.5. The molecule has 4 aromatic rings. The van der Waals surface area contributed by atoms with Crippen molar-refractivity contribution in [3.05, 3.63) is 120 Å². The van der Waals surface area contributed by atoms with E-state index >= 15 is 0 Å². The van der Waals surface area contributed by atoms with Gasteiger partial charge in [0.2, 0.25) is 0 Å². The molecule has 6 heteroatoms. The molecule has 0 spiro atoms. The van der Waals surface area contributed by atoms with Crippen LogP contribution in [0.5, 0.6) is 23.0 Å². The van der Waals surface area contributed by atoms with E-state index < -0.39 is 12.3 Å². The van der Waals surface area contributed by atoms with Crippen LogP contribution in [0.1, 0.15) is 11.1 Å². The van der Waals surface area contributed by atoms with Gasteiger partial charge in [0.25, 0.3) is 0 Å². The Morgan fingerprint density at radius 2 is 0.676 bits per heavy atom. The lowest BCUT2D eigenvalue weighted by Gasteiger charge is -2.05. The van der Waals surface area contributed by atoms with E-state index in [2.05, 4.69) is 0 Å². The van der Waals surface area contributed by atoms with Gasteiger partial charge in [-0.25, -0.2) is 9.59 Å². The lowest BCUT2D eigenvalue weighted by Crippen LogP contribution is -2.13. The van der Waals surface area contributed by atoms with Gasteiger partial charge in [-0.3, -0.25) is 0 Å². The molecule has 6 nitrogen and oxygen atoms in total. The van der Waals surface area contributed by atoms with E-state index in [1.165, 1.54) is 0 Å². The Morgan fingerprint density at radius 1 is 0.412 bits per heavy atom. The van der Waals surface area contributed by atoms with Crippen molar-refractivity contribution >= 4 is 12.3 Å². The van der Waals surface area contributed by atoms with E-state index in [1.807, 2.05) is 50.2 Å². The molecule has 172 valence electrons. The van der Waals surface area contributed by atoms with Gasteiger partial charge in [-0.1, -0.05) is 71.8 Å². The molecular weight excluding hydrogens is 432 g/mol. The number of rotatable bonds is 4. The van der Waals surface area contributed by atoms with Crippen molar-refractivity contribution in [2.45, 2.75) is 13.8 Å². The normalized spacial score (nSPS) is 9.71. The first-order valence-electron chi connectivity index (χ1n) is 10.5. The zero-order valence-corrected chi connectivity index (χ0v) is 18.8. The van der Waals surface area contributed by atoms with Gasteiger partial charge in [0.15, 0.2) is 0 Å². The van der Waals surface area contributed by atoms with Crippen molar-refractivity contribution in [1.82, 2.24) is 0 Å². The maximum Gasteiger partial charge on any atom is 0.519 e. The van der Waals surface area contributed by atoms with Crippen LogP contribution < -0.4 is 18.9 Å². The van der Waals surface area contributed by atoms with Crippen LogP contribution in [0.25, 0.3) is 0 Å². The predicted molar refractivity (Wildman–Crippen MR) is 129 cm³/mol. The van der Waals surface area contributed by atoms with Crippen LogP contribution in [0.2, 0.25) is 0 Å². The molecule has 0 unspecified atom stereocenters. The molecule has 0 N–H and O–H groups in total. The second kappa shape index (κ2) is 12.5. The summed E-state index contributed by atoms with van der Waals surface area (Å²) in [6.07, 6.45) is -1.47. The molecular formula is C28H24O6. The Hall–Kier alpha value is -4.58. The zero-order valence-electron chi connectivity index (χ0n) is 18.8. The van der Waals surface area contributed by atoms with Crippen molar-refractivity contribution in [2.75, 3.05) is 0 Å². The highest BCUT2D eigenvalue weighted by Crippen LogP contribution is 2.16. The molecule has 0 saturated carbocycles. The van der Waals surface area contributed by atoms with Gasteiger partial charge in [0, 0.05) is 0 Å². The number of carbonyl (C=O) groups excluding carboxylic acids is 2. The molecule has 4 rings (SSSR count). The first-order valence-corrected chi connectivity index (χ1v) is 10.5. The number of para-hydroxylation sites is 2. The summed E-state index contributed by atoms with van der Waals surface area (Å²) < 4.78 is 20.0. The summed E-state index contributed by atoms with van der Waals surface area (Å²) in [5, 5.41) is 0. The van der Waals surface area contributed by atoms with Crippen molar-refractivity contribution < 1.29 is 28.5 Å². The topological polar surface area (TPSA) is 71.1 Å². The van der Waals surface area contributed by atoms with E-state index in [0.717, 1.165) is 11.1 Å². The van der Waals surface area contributed by atoms with Gasteiger partial charge in [-0.15, -0.1) is 0 Å². The minimum absolute atomic E-state index is 0.462. The molecule has 0 saturated heterocycles. The standard InChI is InChI=1S/C15H14O3.C13H10O3/c1-11-3-7-13(8-4-11)17-15(16)18-14-9-5-12(2)6-10-14;14-13(15-11-7-3-1-4-8-11)16-12-9-5-2-6-10-12/h3-10H,1-2H3;1-10H. The summed E-state index contributed by atoms with van der Waals surface area (Å²) in [6.45, 7) is 3.93. The molecule has 0 aliphatic rings. The average molecular weight is 456 g/mol. The highest BCUT2D eigenvalue weighted by molar-refractivity contribution is 5.67. The summed E-state index contributed by atoms with van der Waals surface area (Å²) in [5.74, 6) is 1.86. The van der Waals surface area contributed by atoms with Crippen molar-refractivity contribution in [1.29, 1.82) is 0 Å². The van der Waals surface area contributed by atoms with Gasteiger partial charge in [0.1, 0.15) is 23.0 Å². The number of hydrogen-bond donors (Lipinski definition) is 0. The third-order valence-electron chi connectivity index (χ3n) is 4.33. The first-order chi connectivity index (χ1) is 16.5. The first kappa shape index (κ1) is 24.1. The molecule has 0 aliphatic carbocycles. The second-order valence-corrected chi connectivity index (χ2v) is 7.16. The van der Waals surface area contributed by atoms with Crippen LogP contribution in [0.3, 0.4) is 0 Å². The minimum atomic E-state index is -0.739. The molecule has 0 fully saturated rings. The third kappa shape index (κ3) is 8.51. The number of hydrogen-bond acceptors (Lipinski definition) is 6. The SMILES string of the molecule is Cc1ccc(OC(=O)Oc2ccc(C)cc2)cc1.O=C(Oc1ccccc1)Oc1ccccc1. The van der Waals surface area contributed by atoms with Crippen LogP contribution in [-0.4, -0.2) is 12.3 Å². The van der Waals surface area contributed by atoms with Crippen LogP contribution in [-0.2, 0) is 0 Å². The molecule has 0 radical (unpaired) electrons. The fraction of sp³-hybridized carbons (Fsp3) is 0.0714.